The SMILES string of the molecule is Cc1cccc2c1Cc1c-2ccc2c1ccc1ccccc12. The molecule has 0 spiro atoms. The summed E-state index contributed by atoms with van der Waals surface area (Å²) in [4.78, 5) is 0. The molecule has 0 aliphatic heterocycles. The van der Waals surface area contributed by atoms with Crippen molar-refractivity contribution in [3.8, 4) is 11.1 Å². The summed E-state index contributed by atoms with van der Waals surface area (Å²) in [6, 6.07) is 24.5. The van der Waals surface area contributed by atoms with Crippen LogP contribution in [0.25, 0.3) is 32.7 Å². The van der Waals surface area contributed by atoms with Crippen molar-refractivity contribution in [3.63, 3.8) is 0 Å². The van der Waals surface area contributed by atoms with Crippen molar-refractivity contribution in [2.24, 2.45) is 0 Å². The van der Waals surface area contributed by atoms with Gasteiger partial charge in [-0.15, -0.1) is 0 Å². The van der Waals surface area contributed by atoms with Crippen molar-refractivity contribution >= 4 is 21.5 Å². The third kappa shape index (κ3) is 1.47. The van der Waals surface area contributed by atoms with Gasteiger partial charge in [0, 0.05) is 0 Å². The van der Waals surface area contributed by atoms with Crippen molar-refractivity contribution in [1.82, 2.24) is 0 Å². The van der Waals surface area contributed by atoms with Crippen molar-refractivity contribution in [2.75, 3.05) is 0 Å². The van der Waals surface area contributed by atoms with Crippen LogP contribution in [-0.4, -0.2) is 0 Å². The normalized spacial score (nSPS) is 12.6. The first-order valence-corrected chi connectivity index (χ1v) is 7.85. The lowest BCUT2D eigenvalue weighted by Crippen LogP contribution is -1.87. The van der Waals surface area contributed by atoms with Crippen molar-refractivity contribution < 1.29 is 0 Å². The van der Waals surface area contributed by atoms with Crippen LogP contribution < -0.4 is 0 Å². The van der Waals surface area contributed by atoms with E-state index in [1.807, 2.05) is 0 Å². The van der Waals surface area contributed by atoms with Crippen LogP contribution in [0.3, 0.4) is 0 Å². The van der Waals surface area contributed by atoms with Gasteiger partial charge in [-0.05, 0) is 62.7 Å². The van der Waals surface area contributed by atoms with Gasteiger partial charge in [0.1, 0.15) is 0 Å². The molecule has 104 valence electrons. The lowest BCUT2D eigenvalue weighted by molar-refractivity contribution is 1.23. The fourth-order valence-electron chi connectivity index (χ4n) is 3.96. The summed E-state index contributed by atoms with van der Waals surface area (Å²) in [5, 5.41) is 5.46. The summed E-state index contributed by atoms with van der Waals surface area (Å²) in [7, 11) is 0. The summed E-state index contributed by atoms with van der Waals surface area (Å²) in [6.07, 6.45) is 1.06. The van der Waals surface area contributed by atoms with Gasteiger partial charge in [0.2, 0.25) is 0 Å². The molecular weight excluding hydrogens is 264 g/mol. The fraction of sp³-hybridized carbons (Fsp3) is 0.0909. The number of hydrogen-bond donors (Lipinski definition) is 0. The highest BCUT2D eigenvalue weighted by Gasteiger charge is 2.21. The molecule has 0 heterocycles. The highest BCUT2D eigenvalue weighted by molar-refractivity contribution is 6.10. The van der Waals surface area contributed by atoms with Crippen LogP contribution in [0, 0.1) is 6.92 Å². The van der Waals surface area contributed by atoms with Crippen molar-refractivity contribution in [2.45, 2.75) is 13.3 Å². The average molecular weight is 280 g/mol. The first kappa shape index (κ1) is 12.0. The average Bonchev–Trinajstić information content (AvgIpc) is 2.95. The van der Waals surface area contributed by atoms with Crippen LogP contribution in [-0.2, 0) is 6.42 Å². The number of rotatable bonds is 0. The standard InChI is InChI=1S/C22H16/c1-14-5-4-8-17-20-12-11-18-16-7-3-2-6-15(16)9-10-19(18)22(20)13-21(14)17/h2-12H,13H2,1H3. The second kappa shape index (κ2) is 4.20. The van der Waals surface area contributed by atoms with E-state index < -0.39 is 0 Å². The monoisotopic (exact) mass is 280 g/mol. The van der Waals surface area contributed by atoms with E-state index in [0.29, 0.717) is 0 Å². The zero-order chi connectivity index (χ0) is 14.7. The summed E-state index contributed by atoms with van der Waals surface area (Å²) < 4.78 is 0. The Balaban J connectivity index is 1.89. The minimum absolute atomic E-state index is 1.06. The zero-order valence-electron chi connectivity index (χ0n) is 12.6. The summed E-state index contributed by atoms with van der Waals surface area (Å²) in [5.41, 5.74) is 7.24. The minimum atomic E-state index is 1.06. The van der Waals surface area contributed by atoms with Gasteiger partial charge < -0.3 is 0 Å². The maximum atomic E-state index is 2.31. The number of benzene rings is 4. The molecule has 0 heteroatoms. The molecule has 0 unspecified atom stereocenters. The van der Waals surface area contributed by atoms with Gasteiger partial charge in [0.25, 0.3) is 0 Å². The molecule has 0 N–H and O–H groups in total. The van der Waals surface area contributed by atoms with Gasteiger partial charge in [-0.25, -0.2) is 0 Å². The number of aryl methyl sites for hydroxylation is 1. The maximum Gasteiger partial charge on any atom is -0.000465 e. The van der Waals surface area contributed by atoms with Crippen LogP contribution in [0.5, 0.6) is 0 Å². The highest BCUT2D eigenvalue weighted by atomic mass is 14.2. The summed E-state index contributed by atoms with van der Waals surface area (Å²) in [5.74, 6) is 0. The molecule has 0 saturated heterocycles. The number of fused-ring (bicyclic) bond motifs is 7. The Morgan fingerprint density at radius 2 is 1.41 bits per heavy atom. The van der Waals surface area contributed by atoms with E-state index in [9.17, 15) is 0 Å². The molecule has 0 radical (unpaired) electrons. The van der Waals surface area contributed by atoms with Crippen molar-refractivity contribution in [3.05, 3.63) is 83.4 Å². The molecule has 22 heavy (non-hydrogen) atoms. The van der Waals surface area contributed by atoms with Gasteiger partial charge in [-0.3, -0.25) is 0 Å². The number of hydrogen-bond acceptors (Lipinski definition) is 0. The van der Waals surface area contributed by atoms with Crippen LogP contribution in [0.4, 0.5) is 0 Å². The quantitative estimate of drug-likeness (QED) is 0.311. The molecule has 0 aromatic heterocycles. The zero-order valence-corrected chi connectivity index (χ0v) is 12.6. The Bertz CT molecular complexity index is 1050. The molecule has 0 saturated carbocycles. The van der Waals surface area contributed by atoms with E-state index in [-0.39, 0.29) is 0 Å². The van der Waals surface area contributed by atoms with Gasteiger partial charge in [0.15, 0.2) is 0 Å². The third-order valence-corrected chi connectivity index (χ3v) is 5.09. The van der Waals surface area contributed by atoms with E-state index in [0.717, 1.165) is 6.42 Å². The highest BCUT2D eigenvalue weighted by Crippen LogP contribution is 2.42. The lowest BCUT2D eigenvalue weighted by atomic mass is 9.95. The molecule has 0 amide bonds. The smallest absolute Gasteiger partial charge is 0.000465 e. The van der Waals surface area contributed by atoms with Crippen LogP contribution in [0.15, 0.2) is 66.7 Å². The molecule has 0 fully saturated rings. The Hall–Kier alpha value is -2.60. The van der Waals surface area contributed by atoms with Crippen molar-refractivity contribution in [1.29, 1.82) is 0 Å². The second-order valence-corrected chi connectivity index (χ2v) is 6.25. The molecule has 0 nitrogen and oxygen atoms in total. The van der Waals surface area contributed by atoms with Gasteiger partial charge >= 0.3 is 0 Å². The summed E-state index contributed by atoms with van der Waals surface area (Å²) in [6.45, 7) is 2.22. The Morgan fingerprint density at radius 1 is 0.591 bits per heavy atom. The molecule has 0 atom stereocenters. The van der Waals surface area contributed by atoms with Crippen LogP contribution in [0.2, 0.25) is 0 Å². The topological polar surface area (TPSA) is 0 Å². The summed E-state index contributed by atoms with van der Waals surface area (Å²) >= 11 is 0. The molecule has 4 aromatic rings. The largest absolute Gasteiger partial charge is 0.0616 e. The minimum Gasteiger partial charge on any atom is -0.0616 e. The first-order valence-electron chi connectivity index (χ1n) is 7.85. The van der Waals surface area contributed by atoms with Crippen LogP contribution >= 0.6 is 0 Å². The maximum absolute atomic E-state index is 2.31. The van der Waals surface area contributed by atoms with E-state index >= 15 is 0 Å². The molecular formula is C22H16. The van der Waals surface area contributed by atoms with Gasteiger partial charge in [0.05, 0.1) is 0 Å². The Labute approximate surface area is 130 Å². The molecule has 1 aliphatic rings. The van der Waals surface area contributed by atoms with E-state index in [4.69, 9.17) is 0 Å². The lowest BCUT2D eigenvalue weighted by Gasteiger charge is -2.09. The molecule has 5 rings (SSSR count). The second-order valence-electron chi connectivity index (χ2n) is 6.25. The molecule has 1 aliphatic carbocycles. The van der Waals surface area contributed by atoms with E-state index in [1.165, 1.54) is 49.4 Å². The van der Waals surface area contributed by atoms with E-state index in [1.54, 1.807) is 0 Å². The van der Waals surface area contributed by atoms with Gasteiger partial charge in [-0.2, -0.15) is 0 Å². The predicted molar refractivity (Wildman–Crippen MR) is 94.4 cm³/mol. The molecule has 4 aromatic carbocycles. The Morgan fingerprint density at radius 3 is 2.36 bits per heavy atom. The molecule has 0 bridgehead atoms. The Kier molecular flexibility index (Phi) is 2.29. The predicted octanol–water partition coefficient (Wildman–Crippen LogP) is 5.87. The third-order valence-electron chi connectivity index (χ3n) is 5.09. The van der Waals surface area contributed by atoms with E-state index in [2.05, 4.69) is 73.7 Å². The van der Waals surface area contributed by atoms with Gasteiger partial charge in [-0.1, -0.05) is 66.7 Å². The van der Waals surface area contributed by atoms with Crippen LogP contribution in [0.1, 0.15) is 16.7 Å². The first-order chi connectivity index (χ1) is 10.8. The fourth-order valence-corrected chi connectivity index (χ4v) is 3.96.